The van der Waals surface area contributed by atoms with Crippen molar-refractivity contribution < 1.29 is 0 Å². The number of nitrogens with one attached hydrogen (secondary N) is 2. The summed E-state index contributed by atoms with van der Waals surface area (Å²) < 4.78 is 1.06. The molecule has 0 amide bonds. The fourth-order valence-corrected chi connectivity index (χ4v) is 4.40. The Morgan fingerprint density at radius 2 is 1.87 bits per heavy atom. The van der Waals surface area contributed by atoms with Crippen LogP contribution in [0.3, 0.4) is 0 Å². The lowest BCUT2D eigenvalue weighted by molar-refractivity contribution is 0.410. The van der Waals surface area contributed by atoms with Gasteiger partial charge in [0.2, 0.25) is 0 Å². The van der Waals surface area contributed by atoms with E-state index in [4.69, 9.17) is 17.3 Å². The Hall–Kier alpha value is -2.15. The SMILES string of the molecule is N[C@H]1CC[C@H](Nc2cc(-c3ccnc(NCc4cccc(Br)c4)c3)c(Cl)cn2)CC1. The zero-order chi connectivity index (χ0) is 20.9. The Morgan fingerprint density at radius 1 is 1.03 bits per heavy atom. The predicted octanol–water partition coefficient (Wildman–Crippen LogP) is 5.85. The number of pyridine rings is 2. The molecule has 0 bridgehead atoms. The highest BCUT2D eigenvalue weighted by atomic mass is 79.9. The number of aromatic nitrogens is 2. The van der Waals surface area contributed by atoms with E-state index < -0.39 is 0 Å². The topological polar surface area (TPSA) is 75.9 Å². The van der Waals surface area contributed by atoms with Gasteiger partial charge < -0.3 is 16.4 Å². The Balaban J connectivity index is 1.48. The van der Waals surface area contributed by atoms with Gasteiger partial charge in [-0.1, -0.05) is 39.7 Å². The molecular weight excluding hydrogens is 462 g/mol. The second kappa shape index (κ2) is 9.77. The van der Waals surface area contributed by atoms with Crippen LogP contribution in [-0.4, -0.2) is 22.1 Å². The van der Waals surface area contributed by atoms with Gasteiger partial charge in [-0.2, -0.15) is 0 Å². The Kier molecular flexibility index (Phi) is 6.87. The summed E-state index contributed by atoms with van der Waals surface area (Å²) in [7, 11) is 0. The fraction of sp³-hybridized carbons (Fsp3) is 0.304. The third kappa shape index (κ3) is 5.50. The minimum atomic E-state index is 0.330. The number of hydrogen-bond donors (Lipinski definition) is 3. The molecule has 156 valence electrons. The van der Waals surface area contributed by atoms with E-state index in [2.05, 4.69) is 48.7 Å². The molecule has 2 aromatic heterocycles. The summed E-state index contributed by atoms with van der Waals surface area (Å²) in [5.74, 6) is 1.64. The van der Waals surface area contributed by atoms with Crippen molar-refractivity contribution in [2.45, 2.75) is 44.3 Å². The molecule has 0 saturated heterocycles. The average molecular weight is 487 g/mol. The molecule has 4 rings (SSSR count). The zero-order valence-electron chi connectivity index (χ0n) is 16.6. The third-order valence-electron chi connectivity index (χ3n) is 5.41. The number of halogens is 2. The predicted molar refractivity (Wildman–Crippen MR) is 128 cm³/mol. The van der Waals surface area contributed by atoms with E-state index in [0.717, 1.165) is 52.9 Å². The van der Waals surface area contributed by atoms with E-state index in [1.807, 2.05) is 30.3 Å². The van der Waals surface area contributed by atoms with Crippen LogP contribution in [0.1, 0.15) is 31.2 Å². The first-order valence-corrected chi connectivity index (χ1v) is 11.4. The highest BCUT2D eigenvalue weighted by molar-refractivity contribution is 9.10. The van der Waals surface area contributed by atoms with Crippen LogP contribution in [0.5, 0.6) is 0 Å². The normalized spacial score (nSPS) is 18.8. The lowest BCUT2D eigenvalue weighted by Crippen LogP contribution is -2.33. The van der Waals surface area contributed by atoms with Crippen molar-refractivity contribution in [3.63, 3.8) is 0 Å². The smallest absolute Gasteiger partial charge is 0.126 e. The van der Waals surface area contributed by atoms with Crippen LogP contribution in [0.4, 0.5) is 11.6 Å². The van der Waals surface area contributed by atoms with Crippen molar-refractivity contribution in [2.75, 3.05) is 10.6 Å². The second-order valence-corrected chi connectivity index (χ2v) is 9.04. The molecule has 1 fully saturated rings. The molecule has 7 heteroatoms. The van der Waals surface area contributed by atoms with Crippen LogP contribution < -0.4 is 16.4 Å². The van der Waals surface area contributed by atoms with Gasteiger partial charge in [-0.25, -0.2) is 9.97 Å². The number of nitrogens with two attached hydrogens (primary N) is 1. The lowest BCUT2D eigenvalue weighted by Gasteiger charge is -2.27. The maximum atomic E-state index is 6.48. The first-order chi connectivity index (χ1) is 14.6. The molecule has 30 heavy (non-hydrogen) atoms. The summed E-state index contributed by atoms with van der Waals surface area (Å²) in [6, 6.07) is 15.0. The van der Waals surface area contributed by atoms with Crippen molar-refractivity contribution in [1.29, 1.82) is 0 Å². The van der Waals surface area contributed by atoms with Gasteiger partial charge in [0.25, 0.3) is 0 Å². The standard InChI is InChI=1S/C23H25BrClN5/c24-17-3-1-2-15(10-17)13-28-22-11-16(8-9-27-22)20-12-23(29-14-21(20)25)30-19-6-4-18(26)5-7-19/h1-3,8-12,14,18-19H,4-7,13,26H2,(H,27,28)(H,29,30)/t18-,19-. The van der Waals surface area contributed by atoms with Gasteiger partial charge >= 0.3 is 0 Å². The van der Waals surface area contributed by atoms with Gasteiger partial charge in [0, 0.05) is 41.1 Å². The zero-order valence-corrected chi connectivity index (χ0v) is 19.0. The number of anilines is 2. The summed E-state index contributed by atoms with van der Waals surface area (Å²) >= 11 is 9.99. The van der Waals surface area contributed by atoms with Crippen molar-refractivity contribution >= 4 is 39.2 Å². The molecular formula is C23H25BrClN5. The van der Waals surface area contributed by atoms with Gasteiger partial charge in [0.05, 0.1) is 5.02 Å². The van der Waals surface area contributed by atoms with Crippen LogP contribution in [0, 0.1) is 0 Å². The fourth-order valence-electron chi connectivity index (χ4n) is 3.75. The molecule has 1 saturated carbocycles. The molecule has 0 atom stereocenters. The maximum Gasteiger partial charge on any atom is 0.126 e. The minimum Gasteiger partial charge on any atom is -0.367 e. The summed E-state index contributed by atoms with van der Waals surface area (Å²) in [6.45, 7) is 0.691. The van der Waals surface area contributed by atoms with Crippen LogP contribution >= 0.6 is 27.5 Å². The van der Waals surface area contributed by atoms with E-state index in [1.54, 1.807) is 12.4 Å². The van der Waals surface area contributed by atoms with Crippen molar-refractivity contribution in [3.8, 4) is 11.1 Å². The lowest BCUT2D eigenvalue weighted by atomic mass is 9.92. The Labute approximate surface area is 190 Å². The first kappa shape index (κ1) is 21.1. The highest BCUT2D eigenvalue weighted by Crippen LogP contribution is 2.31. The first-order valence-electron chi connectivity index (χ1n) is 10.2. The van der Waals surface area contributed by atoms with Gasteiger partial charge in [0.15, 0.2) is 0 Å². The average Bonchev–Trinajstić information content (AvgIpc) is 2.75. The van der Waals surface area contributed by atoms with Crippen LogP contribution in [0.25, 0.3) is 11.1 Å². The van der Waals surface area contributed by atoms with Gasteiger partial charge in [-0.05, 0) is 67.1 Å². The van der Waals surface area contributed by atoms with E-state index in [-0.39, 0.29) is 0 Å². The van der Waals surface area contributed by atoms with E-state index in [9.17, 15) is 0 Å². The number of rotatable bonds is 6. The summed E-state index contributed by atoms with van der Waals surface area (Å²) in [4.78, 5) is 8.92. The molecule has 0 spiro atoms. The minimum absolute atomic E-state index is 0.330. The second-order valence-electron chi connectivity index (χ2n) is 7.72. The van der Waals surface area contributed by atoms with Crippen LogP contribution in [0.15, 0.2) is 59.3 Å². The van der Waals surface area contributed by atoms with Crippen molar-refractivity contribution in [2.24, 2.45) is 5.73 Å². The summed E-state index contributed by atoms with van der Waals surface area (Å²) in [6.07, 6.45) is 7.75. The van der Waals surface area contributed by atoms with Gasteiger partial charge in [-0.15, -0.1) is 0 Å². The molecule has 1 aliphatic rings. The van der Waals surface area contributed by atoms with E-state index in [1.165, 1.54) is 5.56 Å². The molecule has 1 aromatic carbocycles. The summed E-state index contributed by atoms with van der Waals surface area (Å²) in [5, 5.41) is 7.55. The number of benzene rings is 1. The van der Waals surface area contributed by atoms with Crippen molar-refractivity contribution in [1.82, 2.24) is 9.97 Å². The molecule has 3 aromatic rings. The molecule has 1 aliphatic carbocycles. The molecule has 2 heterocycles. The van der Waals surface area contributed by atoms with Gasteiger partial charge in [0.1, 0.15) is 11.6 Å². The molecule has 0 radical (unpaired) electrons. The van der Waals surface area contributed by atoms with Crippen LogP contribution in [0.2, 0.25) is 5.02 Å². The van der Waals surface area contributed by atoms with E-state index >= 15 is 0 Å². The molecule has 0 unspecified atom stereocenters. The summed E-state index contributed by atoms with van der Waals surface area (Å²) in [5.41, 5.74) is 9.14. The maximum absolute atomic E-state index is 6.48. The molecule has 4 N–H and O–H groups in total. The molecule has 0 aliphatic heterocycles. The largest absolute Gasteiger partial charge is 0.367 e. The highest BCUT2D eigenvalue weighted by Gasteiger charge is 2.19. The van der Waals surface area contributed by atoms with Crippen LogP contribution in [-0.2, 0) is 6.54 Å². The quantitative estimate of drug-likeness (QED) is 0.407. The Bertz CT molecular complexity index is 1000. The number of nitrogens with zero attached hydrogens (tertiary/aromatic N) is 2. The number of hydrogen-bond acceptors (Lipinski definition) is 5. The third-order valence-corrected chi connectivity index (χ3v) is 6.21. The van der Waals surface area contributed by atoms with Gasteiger partial charge in [-0.3, -0.25) is 0 Å². The molecule has 5 nitrogen and oxygen atoms in total. The van der Waals surface area contributed by atoms with Crippen molar-refractivity contribution in [3.05, 3.63) is 69.9 Å². The monoisotopic (exact) mass is 485 g/mol. The van der Waals surface area contributed by atoms with E-state index in [0.29, 0.717) is 23.7 Å². The Morgan fingerprint density at radius 3 is 2.67 bits per heavy atom.